The number of aromatic carboxylic acids is 1. The van der Waals surface area contributed by atoms with E-state index in [0.717, 1.165) is 11.9 Å². The number of hydrazone groups is 1. The molecule has 1 fully saturated rings. The number of nitrogens with two attached hydrogens (primary N) is 1. The van der Waals surface area contributed by atoms with Gasteiger partial charge in [0.25, 0.3) is 5.91 Å². The SMILES string of the molecule is CC(=O)N([C@H](CC(=O)O)c1ccc(C(=O)O)cc1)N1C(=O)N[C@](C)(c2ccc(C=NN)cc2)C1=O. The molecule has 5 N–H and O–H groups in total. The summed E-state index contributed by atoms with van der Waals surface area (Å²) in [5, 5.41) is 26.0. The molecule has 4 amide bonds. The van der Waals surface area contributed by atoms with Gasteiger partial charge in [0.15, 0.2) is 0 Å². The highest BCUT2D eigenvalue weighted by Gasteiger charge is 2.53. The minimum atomic E-state index is -1.55. The van der Waals surface area contributed by atoms with Crippen LogP contribution in [0.4, 0.5) is 4.79 Å². The Morgan fingerprint density at radius 2 is 1.71 bits per heavy atom. The Morgan fingerprint density at radius 1 is 1.11 bits per heavy atom. The van der Waals surface area contributed by atoms with Crippen molar-refractivity contribution < 1.29 is 34.2 Å². The molecule has 1 heterocycles. The van der Waals surface area contributed by atoms with Crippen LogP contribution in [0.25, 0.3) is 0 Å². The quantitative estimate of drug-likeness (QED) is 0.189. The molecule has 0 saturated carbocycles. The van der Waals surface area contributed by atoms with Crippen molar-refractivity contribution in [2.45, 2.75) is 31.8 Å². The molecule has 1 aliphatic rings. The molecule has 12 heteroatoms. The lowest BCUT2D eigenvalue weighted by atomic mass is 9.91. The Bertz CT molecular complexity index is 1210. The van der Waals surface area contributed by atoms with Gasteiger partial charge in [-0.15, -0.1) is 0 Å². The maximum absolute atomic E-state index is 13.5. The lowest BCUT2D eigenvalue weighted by Gasteiger charge is -2.35. The molecule has 3 rings (SSSR count). The Morgan fingerprint density at radius 3 is 2.20 bits per heavy atom. The number of nitrogens with one attached hydrogen (secondary N) is 1. The number of amides is 4. The summed E-state index contributed by atoms with van der Waals surface area (Å²) >= 11 is 0. The van der Waals surface area contributed by atoms with E-state index in [4.69, 9.17) is 10.9 Å². The molecule has 0 unspecified atom stereocenters. The molecule has 2 aromatic carbocycles. The molecule has 1 aliphatic heterocycles. The van der Waals surface area contributed by atoms with Gasteiger partial charge in [0.2, 0.25) is 5.91 Å². The Hall–Kier alpha value is -4.74. The molecule has 0 radical (unpaired) electrons. The van der Waals surface area contributed by atoms with E-state index in [1.54, 1.807) is 24.3 Å². The fraction of sp³-hybridized carbons (Fsp3) is 0.217. The summed E-state index contributed by atoms with van der Waals surface area (Å²) in [5.74, 6) is 1.10. The lowest BCUT2D eigenvalue weighted by molar-refractivity contribution is -0.162. The molecule has 0 spiro atoms. The first kappa shape index (κ1) is 24.9. The Balaban J connectivity index is 2.04. The molecule has 0 aliphatic carbocycles. The zero-order chi connectivity index (χ0) is 25.9. The summed E-state index contributed by atoms with van der Waals surface area (Å²) in [4.78, 5) is 62.0. The summed E-state index contributed by atoms with van der Waals surface area (Å²) in [7, 11) is 0. The van der Waals surface area contributed by atoms with Crippen molar-refractivity contribution in [2.24, 2.45) is 10.9 Å². The zero-order valence-electron chi connectivity index (χ0n) is 18.8. The molecule has 2 atom stereocenters. The summed E-state index contributed by atoms with van der Waals surface area (Å²) < 4.78 is 0. The van der Waals surface area contributed by atoms with Gasteiger partial charge in [-0.25, -0.2) is 14.6 Å². The number of carboxylic acids is 2. The van der Waals surface area contributed by atoms with Gasteiger partial charge in [-0.3, -0.25) is 14.4 Å². The van der Waals surface area contributed by atoms with Crippen LogP contribution in [-0.2, 0) is 19.9 Å². The number of aliphatic carboxylic acids is 1. The van der Waals surface area contributed by atoms with Crippen molar-refractivity contribution >= 4 is 36.0 Å². The number of urea groups is 1. The normalized spacial score (nSPS) is 18.4. The topological polar surface area (TPSA) is 183 Å². The van der Waals surface area contributed by atoms with E-state index >= 15 is 0 Å². The number of carbonyl (C=O) groups excluding carboxylic acids is 3. The van der Waals surface area contributed by atoms with Crippen LogP contribution in [0.2, 0.25) is 0 Å². The highest BCUT2D eigenvalue weighted by atomic mass is 16.4. The first-order chi connectivity index (χ1) is 16.5. The van der Waals surface area contributed by atoms with Gasteiger partial charge in [0.1, 0.15) is 5.54 Å². The first-order valence-corrected chi connectivity index (χ1v) is 10.3. The smallest absolute Gasteiger partial charge is 0.344 e. The molecule has 182 valence electrons. The van der Waals surface area contributed by atoms with Gasteiger partial charge in [-0.05, 0) is 35.7 Å². The van der Waals surface area contributed by atoms with E-state index in [9.17, 15) is 29.1 Å². The third kappa shape index (κ3) is 4.81. The summed E-state index contributed by atoms with van der Waals surface area (Å²) in [6.45, 7) is 2.56. The fourth-order valence-electron chi connectivity index (χ4n) is 3.86. The molecule has 0 aromatic heterocycles. The van der Waals surface area contributed by atoms with Gasteiger partial charge in [0, 0.05) is 6.92 Å². The summed E-state index contributed by atoms with van der Waals surface area (Å²) in [5.41, 5.74) is -0.304. The number of nitrogens with zero attached hydrogens (tertiary/aromatic N) is 3. The predicted molar refractivity (Wildman–Crippen MR) is 122 cm³/mol. The number of rotatable bonds is 8. The predicted octanol–water partition coefficient (Wildman–Crippen LogP) is 1.42. The maximum atomic E-state index is 13.5. The minimum absolute atomic E-state index is 0.0529. The van der Waals surface area contributed by atoms with E-state index in [0.29, 0.717) is 16.1 Å². The summed E-state index contributed by atoms with van der Waals surface area (Å²) in [6.07, 6.45) is 0.754. The van der Waals surface area contributed by atoms with Crippen LogP contribution in [0.5, 0.6) is 0 Å². The number of benzene rings is 2. The van der Waals surface area contributed by atoms with Gasteiger partial charge in [-0.1, -0.05) is 36.4 Å². The van der Waals surface area contributed by atoms with E-state index < -0.39 is 47.8 Å². The van der Waals surface area contributed by atoms with Crippen molar-refractivity contribution in [1.82, 2.24) is 15.3 Å². The van der Waals surface area contributed by atoms with Crippen molar-refractivity contribution in [3.8, 4) is 0 Å². The largest absolute Gasteiger partial charge is 0.481 e. The fourth-order valence-corrected chi connectivity index (χ4v) is 3.86. The molecule has 1 saturated heterocycles. The van der Waals surface area contributed by atoms with Gasteiger partial charge < -0.3 is 21.4 Å². The van der Waals surface area contributed by atoms with E-state index in [1.807, 2.05) is 0 Å². The minimum Gasteiger partial charge on any atom is -0.481 e. The number of hydrazine groups is 1. The standard InChI is InChI=1S/C23H23N5O7/c1-13(29)27(18(11-19(30)31)15-5-7-16(8-6-15)20(32)33)28-21(34)23(2,26-22(28)35)17-9-3-14(4-10-17)12-25-24/h3-10,12,18H,11,24H2,1-2H3,(H,26,35)(H,30,31)(H,32,33)/t18-,23-/m1/s1. The number of hydrogen-bond donors (Lipinski definition) is 4. The maximum Gasteiger partial charge on any atom is 0.344 e. The van der Waals surface area contributed by atoms with E-state index in [2.05, 4.69) is 10.4 Å². The van der Waals surface area contributed by atoms with Crippen molar-refractivity contribution in [2.75, 3.05) is 0 Å². The second-order valence-corrected chi connectivity index (χ2v) is 7.98. The second kappa shape index (κ2) is 9.63. The molecule has 2 aromatic rings. The van der Waals surface area contributed by atoms with Crippen LogP contribution in [0, 0.1) is 0 Å². The molecule has 0 bridgehead atoms. The van der Waals surface area contributed by atoms with Crippen LogP contribution < -0.4 is 11.2 Å². The average molecular weight is 481 g/mol. The Labute approximate surface area is 199 Å². The van der Waals surface area contributed by atoms with Crippen LogP contribution in [0.15, 0.2) is 53.6 Å². The highest BCUT2D eigenvalue weighted by Crippen LogP contribution is 2.34. The number of carboxylic acid groups (broad SMARTS) is 2. The molecule has 35 heavy (non-hydrogen) atoms. The Kier molecular flexibility index (Phi) is 6.85. The lowest BCUT2D eigenvalue weighted by Crippen LogP contribution is -2.52. The van der Waals surface area contributed by atoms with Gasteiger partial charge in [-0.2, -0.15) is 10.1 Å². The van der Waals surface area contributed by atoms with Crippen LogP contribution in [0.1, 0.15) is 53.4 Å². The van der Waals surface area contributed by atoms with E-state index in [1.165, 1.54) is 37.4 Å². The average Bonchev–Trinajstić information content (AvgIpc) is 3.03. The first-order valence-electron chi connectivity index (χ1n) is 10.3. The van der Waals surface area contributed by atoms with Crippen molar-refractivity contribution in [1.29, 1.82) is 0 Å². The second-order valence-electron chi connectivity index (χ2n) is 7.98. The van der Waals surface area contributed by atoms with Crippen molar-refractivity contribution in [3.63, 3.8) is 0 Å². The zero-order valence-corrected chi connectivity index (χ0v) is 18.8. The monoisotopic (exact) mass is 481 g/mol. The van der Waals surface area contributed by atoms with Crippen molar-refractivity contribution in [3.05, 3.63) is 70.8 Å². The highest BCUT2D eigenvalue weighted by molar-refractivity contribution is 6.08. The number of imide groups is 1. The van der Waals surface area contributed by atoms with E-state index in [-0.39, 0.29) is 11.1 Å². The molecular formula is C23H23N5O7. The molecular weight excluding hydrogens is 458 g/mol. The van der Waals surface area contributed by atoms with Gasteiger partial charge >= 0.3 is 18.0 Å². The van der Waals surface area contributed by atoms with Crippen LogP contribution in [0.3, 0.4) is 0 Å². The third-order valence-electron chi connectivity index (χ3n) is 5.62. The molecule has 12 nitrogen and oxygen atoms in total. The van der Waals surface area contributed by atoms with Crippen LogP contribution >= 0.6 is 0 Å². The van der Waals surface area contributed by atoms with Gasteiger partial charge in [0.05, 0.1) is 24.2 Å². The summed E-state index contributed by atoms with van der Waals surface area (Å²) in [6, 6.07) is 9.43. The third-order valence-corrected chi connectivity index (χ3v) is 5.62. The van der Waals surface area contributed by atoms with Crippen LogP contribution in [-0.4, -0.2) is 56.2 Å². The number of carbonyl (C=O) groups is 5. The number of hydrogen-bond acceptors (Lipinski definition) is 7.